The van der Waals surface area contributed by atoms with E-state index in [1.54, 1.807) is 11.9 Å². The molecule has 6 heteroatoms. The van der Waals surface area contributed by atoms with E-state index in [4.69, 9.17) is 9.84 Å². The highest BCUT2D eigenvalue weighted by Gasteiger charge is 2.36. The second-order valence-electron chi connectivity index (χ2n) is 4.66. The third-order valence-electron chi connectivity index (χ3n) is 3.40. The Kier molecular flexibility index (Phi) is 4.11. The zero-order valence-corrected chi connectivity index (χ0v) is 10.5. The van der Waals surface area contributed by atoms with Gasteiger partial charge in [0.1, 0.15) is 11.6 Å². The molecular weight excluding hydrogens is 256 g/mol. The molecule has 0 radical (unpaired) electrons. The lowest BCUT2D eigenvalue weighted by molar-refractivity contribution is -0.143. The van der Waals surface area contributed by atoms with Crippen molar-refractivity contribution in [2.24, 2.45) is 5.92 Å². The number of carboxylic acids is 1. The Morgan fingerprint density at radius 1 is 1.42 bits per heavy atom. The molecule has 1 saturated heterocycles. The van der Waals surface area contributed by atoms with Crippen molar-refractivity contribution >= 4 is 5.97 Å². The van der Waals surface area contributed by atoms with Gasteiger partial charge in [0.05, 0.1) is 19.1 Å². The Bertz CT molecular complexity index is 461. The first-order chi connectivity index (χ1) is 9.00. The first kappa shape index (κ1) is 13.9. The molecule has 0 bridgehead atoms. The molecule has 1 aromatic rings. The van der Waals surface area contributed by atoms with Gasteiger partial charge in [0.15, 0.2) is 0 Å². The van der Waals surface area contributed by atoms with Gasteiger partial charge in [-0.15, -0.1) is 0 Å². The van der Waals surface area contributed by atoms with Crippen LogP contribution in [0.4, 0.5) is 8.78 Å². The average molecular weight is 271 g/mol. The lowest BCUT2D eigenvalue weighted by Gasteiger charge is -2.26. The molecule has 1 heterocycles. The van der Waals surface area contributed by atoms with Crippen LogP contribution in [0.25, 0.3) is 0 Å². The van der Waals surface area contributed by atoms with Crippen LogP contribution in [0.15, 0.2) is 18.2 Å². The maximum atomic E-state index is 13.5. The fraction of sp³-hybridized carbons (Fsp3) is 0.462. The van der Waals surface area contributed by atoms with Gasteiger partial charge in [-0.05, 0) is 19.2 Å². The lowest BCUT2D eigenvalue weighted by atomic mass is 10.0. The van der Waals surface area contributed by atoms with E-state index < -0.39 is 23.5 Å². The lowest BCUT2D eigenvalue weighted by Crippen LogP contribution is -2.40. The van der Waals surface area contributed by atoms with Crippen molar-refractivity contribution in [3.8, 4) is 0 Å². The average Bonchev–Trinajstić information content (AvgIpc) is 2.83. The number of nitrogens with zero attached hydrogens (tertiary/aromatic N) is 1. The Hall–Kier alpha value is -1.53. The summed E-state index contributed by atoms with van der Waals surface area (Å²) in [4.78, 5) is 12.7. The van der Waals surface area contributed by atoms with Crippen LogP contribution in [-0.4, -0.2) is 42.3 Å². The van der Waals surface area contributed by atoms with E-state index in [9.17, 15) is 13.6 Å². The van der Waals surface area contributed by atoms with Crippen molar-refractivity contribution in [1.82, 2.24) is 4.90 Å². The van der Waals surface area contributed by atoms with Crippen LogP contribution in [0.3, 0.4) is 0 Å². The first-order valence-corrected chi connectivity index (χ1v) is 5.94. The molecule has 4 nitrogen and oxygen atoms in total. The molecule has 0 aromatic heterocycles. The van der Waals surface area contributed by atoms with Gasteiger partial charge in [-0.3, -0.25) is 9.69 Å². The van der Waals surface area contributed by atoms with Gasteiger partial charge in [0.25, 0.3) is 0 Å². The number of hydrogen-bond donors (Lipinski definition) is 1. The molecule has 0 saturated carbocycles. The summed E-state index contributed by atoms with van der Waals surface area (Å²) in [5.74, 6) is -2.88. The van der Waals surface area contributed by atoms with Crippen molar-refractivity contribution in [3.05, 3.63) is 35.4 Å². The third-order valence-corrected chi connectivity index (χ3v) is 3.40. The minimum absolute atomic E-state index is 0.0102. The molecule has 0 amide bonds. The van der Waals surface area contributed by atoms with Crippen LogP contribution in [-0.2, 0) is 16.1 Å². The van der Waals surface area contributed by atoms with Crippen molar-refractivity contribution in [2.45, 2.75) is 12.6 Å². The number of likely N-dealkylation sites (N-methyl/N-ethyl adjacent to an activating group) is 1. The van der Waals surface area contributed by atoms with Crippen molar-refractivity contribution in [1.29, 1.82) is 0 Å². The predicted molar refractivity (Wildman–Crippen MR) is 63.6 cm³/mol. The fourth-order valence-corrected chi connectivity index (χ4v) is 2.26. The summed E-state index contributed by atoms with van der Waals surface area (Å²) in [5.41, 5.74) is -0.0546. The molecule has 1 fully saturated rings. The summed E-state index contributed by atoms with van der Waals surface area (Å²) in [5, 5.41) is 9.05. The molecule has 1 aliphatic heterocycles. The molecule has 1 aromatic carbocycles. The van der Waals surface area contributed by atoms with Gasteiger partial charge >= 0.3 is 5.97 Å². The number of rotatable bonds is 4. The van der Waals surface area contributed by atoms with Gasteiger partial charge in [-0.1, -0.05) is 6.07 Å². The van der Waals surface area contributed by atoms with Crippen LogP contribution in [0, 0.1) is 17.6 Å². The van der Waals surface area contributed by atoms with Gasteiger partial charge in [-0.2, -0.15) is 0 Å². The van der Waals surface area contributed by atoms with E-state index in [2.05, 4.69) is 0 Å². The Balaban J connectivity index is 2.13. The van der Waals surface area contributed by atoms with E-state index in [0.717, 1.165) is 0 Å². The molecular formula is C13H15F2NO3. The largest absolute Gasteiger partial charge is 0.481 e. The van der Waals surface area contributed by atoms with E-state index in [1.165, 1.54) is 18.2 Å². The second-order valence-corrected chi connectivity index (χ2v) is 4.66. The SMILES string of the molecule is CN(Cc1c(F)cccc1F)C1COCC1C(=O)O. The number of carbonyl (C=O) groups is 1. The number of halogens is 2. The highest BCUT2D eigenvalue weighted by Crippen LogP contribution is 2.22. The molecule has 1 aliphatic rings. The van der Waals surface area contributed by atoms with Gasteiger partial charge < -0.3 is 9.84 Å². The van der Waals surface area contributed by atoms with Crippen molar-refractivity contribution in [3.63, 3.8) is 0 Å². The van der Waals surface area contributed by atoms with Crippen LogP contribution >= 0.6 is 0 Å². The number of hydrogen-bond acceptors (Lipinski definition) is 3. The maximum absolute atomic E-state index is 13.5. The van der Waals surface area contributed by atoms with Gasteiger partial charge in [0.2, 0.25) is 0 Å². The third kappa shape index (κ3) is 2.90. The van der Waals surface area contributed by atoms with Crippen molar-refractivity contribution < 1.29 is 23.4 Å². The molecule has 104 valence electrons. The minimum atomic E-state index is -0.955. The number of aliphatic carboxylic acids is 1. The normalized spacial score (nSPS) is 22.9. The molecule has 19 heavy (non-hydrogen) atoms. The second kappa shape index (κ2) is 5.63. The highest BCUT2D eigenvalue weighted by molar-refractivity contribution is 5.71. The molecule has 2 unspecified atom stereocenters. The topological polar surface area (TPSA) is 49.8 Å². The monoisotopic (exact) mass is 271 g/mol. The Morgan fingerprint density at radius 2 is 2.05 bits per heavy atom. The first-order valence-electron chi connectivity index (χ1n) is 5.94. The fourth-order valence-electron chi connectivity index (χ4n) is 2.26. The Labute approximate surface area is 109 Å². The van der Waals surface area contributed by atoms with Crippen LogP contribution in [0.2, 0.25) is 0 Å². The standard InChI is InChI=1S/C13H15F2NO3/c1-16(12-7-19-6-9(12)13(17)18)5-8-10(14)3-2-4-11(8)15/h2-4,9,12H,5-7H2,1H3,(H,17,18). The predicted octanol–water partition coefficient (Wildman–Crippen LogP) is 1.50. The number of benzene rings is 1. The molecule has 0 aliphatic carbocycles. The van der Waals surface area contributed by atoms with Gasteiger partial charge in [-0.25, -0.2) is 8.78 Å². The zero-order valence-electron chi connectivity index (χ0n) is 10.5. The van der Waals surface area contributed by atoms with Crippen LogP contribution in [0.1, 0.15) is 5.56 Å². The summed E-state index contributed by atoms with van der Waals surface area (Å²) >= 11 is 0. The quantitative estimate of drug-likeness (QED) is 0.901. The van der Waals surface area contributed by atoms with E-state index >= 15 is 0 Å². The van der Waals surface area contributed by atoms with E-state index in [-0.39, 0.29) is 31.4 Å². The summed E-state index contributed by atoms with van der Waals surface area (Å²) in [6.45, 7) is 0.393. The molecule has 2 rings (SSSR count). The highest BCUT2D eigenvalue weighted by atomic mass is 19.1. The van der Waals surface area contributed by atoms with E-state index in [0.29, 0.717) is 0 Å². The van der Waals surface area contributed by atoms with Crippen molar-refractivity contribution in [2.75, 3.05) is 20.3 Å². The smallest absolute Gasteiger partial charge is 0.310 e. The van der Waals surface area contributed by atoms with E-state index in [1.807, 2.05) is 0 Å². The summed E-state index contributed by atoms with van der Waals surface area (Å²) in [6.07, 6.45) is 0. The summed E-state index contributed by atoms with van der Waals surface area (Å²) in [6, 6.07) is 3.29. The maximum Gasteiger partial charge on any atom is 0.310 e. The zero-order chi connectivity index (χ0) is 14.0. The summed E-state index contributed by atoms with van der Waals surface area (Å²) in [7, 11) is 1.64. The van der Waals surface area contributed by atoms with Gasteiger partial charge in [0, 0.05) is 18.2 Å². The Morgan fingerprint density at radius 3 is 2.63 bits per heavy atom. The van der Waals surface area contributed by atoms with Crippen LogP contribution in [0.5, 0.6) is 0 Å². The molecule has 1 N–H and O–H groups in total. The molecule has 0 spiro atoms. The number of carboxylic acid groups (broad SMARTS) is 1. The van der Waals surface area contributed by atoms with Crippen LogP contribution < -0.4 is 0 Å². The summed E-state index contributed by atoms with van der Waals surface area (Å²) < 4.78 is 32.2. The number of ether oxygens (including phenoxy) is 1. The minimum Gasteiger partial charge on any atom is -0.481 e. The molecule has 2 atom stereocenters.